The van der Waals surface area contributed by atoms with Crippen molar-refractivity contribution in [3.05, 3.63) is 18.0 Å². The number of hydrogen-bond donors (Lipinski definition) is 1. The van der Waals surface area contributed by atoms with E-state index in [1.807, 2.05) is 6.92 Å². The van der Waals surface area contributed by atoms with Gasteiger partial charge in [-0.2, -0.15) is 13.2 Å². The van der Waals surface area contributed by atoms with E-state index in [9.17, 15) is 18.0 Å². The van der Waals surface area contributed by atoms with Gasteiger partial charge in [0.05, 0.1) is 24.2 Å². The summed E-state index contributed by atoms with van der Waals surface area (Å²) in [5, 5.41) is 0. The van der Waals surface area contributed by atoms with Crippen molar-refractivity contribution >= 4 is 17.5 Å². The fourth-order valence-electron chi connectivity index (χ4n) is 1.40. The van der Waals surface area contributed by atoms with Crippen molar-refractivity contribution in [3.63, 3.8) is 0 Å². The van der Waals surface area contributed by atoms with Crippen molar-refractivity contribution in [2.24, 2.45) is 0 Å². The average Bonchev–Trinajstić information content (AvgIpc) is 2.37. The van der Waals surface area contributed by atoms with E-state index in [1.165, 1.54) is 7.05 Å². The molecule has 0 aliphatic carbocycles. The molecule has 1 aromatic rings. The highest BCUT2D eigenvalue weighted by atomic mass is 19.4. The minimum atomic E-state index is -4.58. The summed E-state index contributed by atoms with van der Waals surface area (Å²) in [6, 6.07) is 0.686. The lowest BCUT2D eigenvalue weighted by molar-refractivity contribution is -0.141. The van der Waals surface area contributed by atoms with Crippen LogP contribution in [0, 0.1) is 0 Å². The molecule has 0 radical (unpaired) electrons. The van der Waals surface area contributed by atoms with Crippen LogP contribution in [0.1, 0.15) is 25.5 Å². The molecule has 1 heterocycles. The smallest absolute Gasteiger partial charge is 0.433 e. The second-order valence-electron chi connectivity index (χ2n) is 4.15. The monoisotopic (exact) mass is 291 g/mol. The normalized spacial score (nSPS) is 11.2. The Morgan fingerprint density at radius 1 is 1.50 bits per heavy atom. The number of amides is 1. The van der Waals surface area contributed by atoms with Crippen molar-refractivity contribution in [1.82, 2.24) is 4.98 Å². The third-order valence-electron chi connectivity index (χ3n) is 2.56. The molecule has 0 bridgehead atoms. The molecule has 1 aromatic heterocycles. The predicted octanol–water partition coefficient (Wildman–Crippen LogP) is 3.06. The summed E-state index contributed by atoms with van der Waals surface area (Å²) in [5.41, 5.74) is 4.29. The number of alkyl halides is 3. The summed E-state index contributed by atoms with van der Waals surface area (Å²) in [4.78, 5) is 15.9. The number of halogens is 3. The van der Waals surface area contributed by atoms with Crippen LogP contribution in [0.2, 0.25) is 0 Å². The summed E-state index contributed by atoms with van der Waals surface area (Å²) < 4.78 is 42.3. The lowest BCUT2D eigenvalue weighted by Crippen LogP contribution is -2.28. The zero-order valence-electron chi connectivity index (χ0n) is 11.2. The topological polar surface area (TPSA) is 68.5 Å². The van der Waals surface area contributed by atoms with Gasteiger partial charge in [-0.05, 0) is 12.5 Å². The molecule has 0 aliphatic heterocycles. The highest BCUT2D eigenvalue weighted by molar-refractivity contribution is 5.90. The molecule has 0 aliphatic rings. The standard InChI is InChI=1S/C12H16F3N3O2/c1-3-4-5-20-11(19)18(2)9-7-17-10(6-8(9)16)12(13,14)15/h6-7H,3-5H2,1-2H3,(H2,16,17). The van der Waals surface area contributed by atoms with Gasteiger partial charge < -0.3 is 10.5 Å². The van der Waals surface area contributed by atoms with Crippen LogP contribution in [-0.4, -0.2) is 24.7 Å². The third kappa shape index (κ3) is 4.01. The van der Waals surface area contributed by atoms with E-state index in [0.717, 1.165) is 17.5 Å². The van der Waals surface area contributed by atoms with Crippen molar-refractivity contribution in [3.8, 4) is 0 Å². The number of rotatable bonds is 4. The Bertz CT molecular complexity index is 478. The Morgan fingerprint density at radius 2 is 2.15 bits per heavy atom. The Morgan fingerprint density at radius 3 is 2.65 bits per heavy atom. The van der Waals surface area contributed by atoms with Gasteiger partial charge in [-0.1, -0.05) is 13.3 Å². The SMILES string of the molecule is CCCCOC(=O)N(C)c1cnc(C(F)(F)F)cc1N. The van der Waals surface area contributed by atoms with Crippen LogP contribution in [0.4, 0.5) is 29.3 Å². The predicted molar refractivity (Wildman–Crippen MR) is 68.3 cm³/mol. The van der Waals surface area contributed by atoms with E-state index >= 15 is 0 Å². The van der Waals surface area contributed by atoms with Crippen LogP contribution in [0.3, 0.4) is 0 Å². The summed E-state index contributed by atoms with van der Waals surface area (Å²) in [5.74, 6) is 0. The number of nitrogen functional groups attached to an aromatic ring is 1. The molecule has 0 fully saturated rings. The van der Waals surface area contributed by atoms with Gasteiger partial charge >= 0.3 is 12.3 Å². The summed E-state index contributed by atoms with van der Waals surface area (Å²) >= 11 is 0. The molecule has 5 nitrogen and oxygen atoms in total. The maximum atomic E-state index is 12.4. The molecular weight excluding hydrogens is 275 g/mol. The van der Waals surface area contributed by atoms with Gasteiger partial charge in [-0.25, -0.2) is 9.78 Å². The number of hydrogen-bond acceptors (Lipinski definition) is 4. The Kier molecular flexibility index (Phi) is 5.18. The fourth-order valence-corrected chi connectivity index (χ4v) is 1.40. The van der Waals surface area contributed by atoms with E-state index in [1.54, 1.807) is 0 Å². The molecule has 0 saturated heterocycles. The van der Waals surface area contributed by atoms with E-state index in [0.29, 0.717) is 12.5 Å². The fraction of sp³-hybridized carbons (Fsp3) is 0.500. The van der Waals surface area contributed by atoms with Crippen LogP contribution >= 0.6 is 0 Å². The summed E-state index contributed by atoms with van der Waals surface area (Å²) in [7, 11) is 1.36. The minimum absolute atomic E-state index is 0.0690. The van der Waals surface area contributed by atoms with Gasteiger partial charge in [0, 0.05) is 7.05 Å². The first kappa shape index (κ1) is 16.1. The molecule has 1 rings (SSSR count). The lowest BCUT2D eigenvalue weighted by Gasteiger charge is -2.19. The van der Waals surface area contributed by atoms with Gasteiger partial charge in [0.2, 0.25) is 0 Å². The van der Waals surface area contributed by atoms with Crippen LogP contribution in [0.5, 0.6) is 0 Å². The number of nitrogens with zero attached hydrogens (tertiary/aromatic N) is 2. The quantitative estimate of drug-likeness (QED) is 0.866. The number of carbonyl (C=O) groups is 1. The van der Waals surface area contributed by atoms with Gasteiger partial charge in [0.25, 0.3) is 0 Å². The van der Waals surface area contributed by atoms with E-state index in [-0.39, 0.29) is 18.0 Å². The molecule has 8 heteroatoms. The number of ether oxygens (including phenoxy) is 1. The zero-order chi connectivity index (χ0) is 15.3. The molecular formula is C12H16F3N3O2. The zero-order valence-corrected chi connectivity index (χ0v) is 11.2. The number of anilines is 2. The third-order valence-corrected chi connectivity index (χ3v) is 2.56. The summed E-state index contributed by atoms with van der Waals surface area (Å²) in [6.45, 7) is 2.18. The van der Waals surface area contributed by atoms with Crippen LogP contribution < -0.4 is 10.6 Å². The lowest BCUT2D eigenvalue weighted by atomic mass is 10.2. The molecule has 0 aromatic carbocycles. The van der Waals surface area contributed by atoms with Crippen LogP contribution in [0.25, 0.3) is 0 Å². The number of nitrogens with two attached hydrogens (primary N) is 1. The second kappa shape index (κ2) is 6.44. The van der Waals surface area contributed by atoms with Gasteiger partial charge in [0.15, 0.2) is 0 Å². The van der Waals surface area contributed by atoms with Crippen LogP contribution in [-0.2, 0) is 10.9 Å². The minimum Gasteiger partial charge on any atom is -0.449 e. The molecule has 112 valence electrons. The van der Waals surface area contributed by atoms with E-state index in [4.69, 9.17) is 10.5 Å². The Hall–Kier alpha value is -1.99. The number of aromatic nitrogens is 1. The maximum absolute atomic E-state index is 12.4. The molecule has 0 spiro atoms. The van der Waals surface area contributed by atoms with Gasteiger partial charge in [-0.3, -0.25) is 4.90 Å². The molecule has 0 unspecified atom stereocenters. The number of unbranched alkanes of at least 4 members (excludes halogenated alkanes) is 1. The van der Waals surface area contributed by atoms with Crippen molar-refractivity contribution in [1.29, 1.82) is 0 Å². The number of carbonyl (C=O) groups excluding carboxylic acids is 1. The van der Waals surface area contributed by atoms with Gasteiger partial charge in [0.1, 0.15) is 5.69 Å². The van der Waals surface area contributed by atoms with Crippen LogP contribution in [0.15, 0.2) is 12.3 Å². The molecule has 2 N–H and O–H groups in total. The first-order chi connectivity index (χ1) is 9.27. The molecule has 20 heavy (non-hydrogen) atoms. The first-order valence-electron chi connectivity index (χ1n) is 6.00. The molecule has 0 saturated carbocycles. The van der Waals surface area contributed by atoms with E-state index in [2.05, 4.69) is 4.98 Å². The summed E-state index contributed by atoms with van der Waals surface area (Å²) in [6.07, 6.45) is -2.79. The van der Waals surface area contributed by atoms with Crippen molar-refractivity contribution < 1.29 is 22.7 Å². The van der Waals surface area contributed by atoms with Crippen molar-refractivity contribution in [2.75, 3.05) is 24.3 Å². The molecule has 1 amide bonds. The highest BCUT2D eigenvalue weighted by Crippen LogP contribution is 2.31. The second-order valence-corrected chi connectivity index (χ2v) is 4.15. The maximum Gasteiger partial charge on any atom is 0.433 e. The first-order valence-corrected chi connectivity index (χ1v) is 6.00. The highest BCUT2D eigenvalue weighted by Gasteiger charge is 2.33. The Balaban J connectivity index is 2.83. The van der Waals surface area contributed by atoms with Gasteiger partial charge in [-0.15, -0.1) is 0 Å². The van der Waals surface area contributed by atoms with E-state index < -0.39 is 18.0 Å². The number of pyridine rings is 1. The van der Waals surface area contributed by atoms with Crippen molar-refractivity contribution in [2.45, 2.75) is 25.9 Å². The Labute approximate surface area is 114 Å². The largest absolute Gasteiger partial charge is 0.449 e. The molecule has 0 atom stereocenters. The average molecular weight is 291 g/mol.